The summed E-state index contributed by atoms with van der Waals surface area (Å²) in [5.74, 6) is -3.27. The third-order valence-electron chi connectivity index (χ3n) is 4.66. The van der Waals surface area contributed by atoms with Gasteiger partial charge in [-0.05, 0) is 43.2 Å². The molecule has 26 heavy (non-hydrogen) atoms. The molecule has 0 aliphatic carbocycles. The van der Waals surface area contributed by atoms with Gasteiger partial charge in [0.05, 0.1) is 11.8 Å². The fourth-order valence-electron chi connectivity index (χ4n) is 3.12. The number of rotatable bonds is 5. The normalized spacial score (nSPS) is 15.1. The molecule has 0 amide bonds. The molecule has 0 atom stereocenters. The van der Waals surface area contributed by atoms with Crippen LogP contribution in [0.2, 0.25) is 0 Å². The highest BCUT2D eigenvalue weighted by molar-refractivity contribution is 5.88. The van der Waals surface area contributed by atoms with E-state index in [2.05, 4.69) is 10.2 Å². The van der Waals surface area contributed by atoms with Crippen molar-refractivity contribution < 1.29 is 18.6 Å². The summed E-state index contributed by atoms with van der Waals surface area (Å²) in [5.41, 5.74) is 1.52. The van der Waals surface area contributed by atoms with E-state index in [1.54, 1.807) is 19.2 Å². The van der Waals surface area contributed by atoms with E-state index in [1.165, 1.54) is 0 Å². The molecule has 1 fully saturated rings. The van der Waals surface area contributed by atoms with Gasteiger partial charge in [0, 0.05) is 43.4 Å². The topological polar surface area (TPSA) is 68.6 Å². The maximum absolute atomic E-state index is 14.2. The van der Waals surface area contributed by atoms with Crippen molar-refractivity contribution in [2.24, 2.45) is 0 Å². The maximum atomic E-state index is 14.2. The van der Waals surface area contributed by atoms with Gasteiger partial charge in [0.1, 0.15) is 0 Å². The Morgan fingerprint density at radius 2 is 1.88 bits per heavy atom. The number of ether oxygens (including phenoxy) is 1. The van der Waals surface area contributed by atoms with E-state index < -0.39 is 17.4 Å². The molecule has 3 N–H and O–H groups in total. The highest BCUT2D eigenvalue weighted by Gasteiger charge is 2.20. The molecule has 0 unspecified atom stereocenters. The standard InChI is InChI=1S/C19H21F2N3O2/c1-26-15-6-8-24(9-7-15)14-4-2-13(3-5-14)23-18-12(11-22)10-16(20)19(25)17(18)21/h2-5,10-11,15,22-23,25H,6-9H2,1H3. The molecule has 7 heteroatoms. The second-order valence-electron chi connectivity index (χ2n) is 6.22. The van der Waals surface area contributed by atoms with Crippen LogP contribution in [0.1, 0.15) is 18.4 Å². The number of anilines is 3. The van der Waals surface area contributed by atoms with Gasteiger partial charge in [-0.2, -0.15) is 0 Å². The number of hydrogen-bond donors (Lipinski definition) is 3. The van der Waals surface area contributed by atoms with Crippen molar-refractivity contribution in [2.75, 3.05) is 30.4 Å². The minimum atomic E-state index is -1.12. The van der Waals surface area contributed by atoms with Crippen molar-refractivity contribution in [2.45, 2.75) is 18.9 Å². The van der Waals surface area contributed by atoms with Gasteiger partial charge >= 0.3 is 0 Å². The van der Waals surface area contributed by atoms with Crippen molar-refractivity contribution in [3.63, 3.8) is 0 Å². The Morgan fingerprint density at radius 1 is 1.23 bits per heavy atom. The average molecular weight is 361 g/mol. The van der Waals surface area contributed by atoms with Gasteiger partial charge in [-0.15, -0.1) is 0 Å². The molecular weight excluding hydrogens is 340 g/mol. The van der Waals surface area contributed by atoms with Gasteiger partial charge in [-0.25, -0.2) is 8.78 Å². The molecule has 0 aromatic heterocycles. The van der Waals surface area contributed by atoms with Gasteiger partial charge in [0.15, 0.2) is 17.4 Å². The molecule has 5 nitrogen and oxygen atoms in total. The lowest BCUT2D eigenvalue weighted by molar-refractivity contribution is 0.0819. The van der Waals surface area contributed by atoms with Crippen LogP contribution in [0.25, 0.3) is 0 Å². The monoisotopic (exact) mass is 361 g/mol. The predicted molar refractivity (Wildman–Crippen MR) is 97.9 cm³/mol. The number of aromatic hydroxyl groups is 1. The predicted octanol–water partition coefficient (Wildman–Crippen LogP) is 4.03. The van der Waals surface area contributed by atoms with Crippen molar-refractivity contribution >= 4 is 23.3 Å². The lowest BCUT2D eigenvalue weighted by Crippen LogP contribution is -2.36. The third-order valence-corrected chi connectivity index (χ3v) is 4.66. The van der Waals surface area contributed by atoms with Crippen LogP contribution >= 0.6 is 0 Å². The Bertz CT molecular complexity index is 788. The third kappa shape index (κ3) is 3.62. The van der Waals surface area contributed by atoms with Crippen LogP contribution in [0.15, 0.2) is 30.3 Å². The van der Waals surface area contributed by atoms with Crippen LogP contribution in [-0.4, -0.2) is 37.6 Å². The number of phenols is 1. The number of phenolic OH excluding ortho intramolecular Hbond substituents is 1. The van der Waals surface area contributed by atoms with Gasteiger partial charge in [-0.1, -0.05) is 0 Å². The van der Waals surface area contributed by atoms with Crippen molar-refractivity contribution in [1.29, 1.82) is 5.41 Å². The number of methoxy groups -OCH3 is 1. The minimum absolute atomic E-state index is 0.0171. The first-order valence-corrected chi connectivity index (χ1v) is 8.39. The van der Waals surface area contributed by atoms with Crippen LogP contribution < -0.4 is 10.2 Å². The highest BCUT2D eigenvalue weighted by atomic mass is 19.1. The average Bonchev–Trinajstić information content (AvgIpc) is 2.69. The molecule has 1 heterocycles. The van der Waals surface area contributed by atoms with Crippen molar-refractivity contribution in [1.82, 2.24) is 0 Å². The van der Waals surface area contributed by atoms with Gasteiger partial charge in [0.25, 0.3) is 0 Å². The zero-order chi connectivity index (χ0) is 18.7. The van der Waals surface area contributed by atoms with Gasteiger partial charge < -0.3 is 25.5 Å². The van der Waals surface area contributed by atoms with E-state index in [1.807, 2.05) is 12.1 Å². The summed E-state index contributed by atoms with van der Waals surface area (Å²) in [6.07, 6.45) is 3.08. The number of hydrogen-bond acceptors (Lipinski definition) is 5. The van der Waals surface area contributed by atoms with Crippen molar-refractivity contribution in [3.8, 4) is 5.75 Å². The van der Waals surface area contributed by atoms with E-state index >= 15 is 0 Å². The first-order chi connectivity index (χ1) is 12.5. The molecule has 1 aliphatic rings. The Labute approximate surface area is 150 Å². The lowest BCUT2D eigenvalue weighted by atomic mass is 10.1. The number of halogens is 2. The van der Waals surface area contributed by atoms with Gasteiger partial charge in [0.2, 0.25) is 0 Å². The molecule has 2 aromatic rings. The first-order valence-electron chi connectivity index (χ1n) is 8.39. The SMILES string of the molecule is COC1CCN(c2ccc(Nc3c(C=N)cc(F)c(O)c3F)cc2)CC1. The summed E-state index contributed by atoms with van der Waals surface area (Å²) >= 11 is 0. The quantitative estimate of drug-likeness (QED) is 0.704. The molecule has 0 bridgehead atoms. The number of nitrogens with zero attached hydrogens (tertiary/aromatic N) is 1. The second kappa shape index (κ2) is 7.70. The highest BCUT2D eigenvalue weighted by Crippen LogP contribution is 2.32. The minimum Gasteiger partial charge on any atom is -0.503 e. The summed E-state index contributed by atoms with van der Waals surface area (Å²) in [6, 6.07) is 8.32. The molecule has 1 aliphatic heterocycles. The smallest absolute Gasteiger partial charge is 0.191 e. The van der Waals surface area contributed by atoms with E-state index in [9.17, 15) is 13.9 Å². The first kappa shape index (κ1) is 18.1. The largest absolute Gasteiger partial charge is 0.503 e. The van der Waals surface area contributed by atoms with Crippen molar-refractivity contribution in [3.05, 3.63) is 47.5 Å². The maximum Gasteiger partial charge on any atom is 0.191 e. The molecule has 3 rings (SSSR count). The summed E-state index contributed by atoms with van der Waals surface area (Å²) < 4.78 is 33.0. The van der Waals surface area contributed by atoms with Crippen LogP contribution in [-0.2, 0) is 4.74 Å². The fourth-order valence-corrected chi connectivity index (χ4v) is 3.12. The fraction of sp³-hybridized carbons (Fsp3) is 0.316. The molecule has 2 aromatic carbocycles. The summed E-state index contributed by atoms with van der Waals surface area (Å²) in [5, 5.41) is 19.6. The number of piperidine rings is 1. The summed E-state index contributed by atoms with van der Waals surface area (Å²) in [7, 11) is 1.73. The van der Waals surface area contributed by atoms with E-state index in [4.69, 9.17) is 10.1 Å². The Kier molecular flexibility index (Phi) is 5.37. The van der Waals surface area contributed by atoms with E-state index in [0.29, 0.717) is 11.8 Å². The molecule has 138 valence electrons. The van der Waals surface area contributed by atoms with Crippen LogP contribution in [0.4, 0.5) is 25.8 Å². The molecule has 0 spiro atoms. The molecule has 1 saturated heterocycles. The Morgan fingerprint density at radius 3 is 2.46 bits per heavy atom. The second-order valence-corrected chi connectivity index (χ2v) is 6.22. The number of benzene rings is 2. The van der Waals surface area contributed by atoms with Gasteiger partial charge in [-0.3, -0.25) is 0 Å². The van der Waals surface area contributed by atoms with Crippen LogP contribution in [0, 0.1) is 17.0 Å². The summed E-state index contributed by atoms with van der Waals surface area (Å²) in [4.78, 5) is 2.26. The van der Waals surface area contributed by atoms with E-state index in [0.717, 1.165) is 43.9 Å². The lowest BCUT2D eigenvalue weighted by Gasteiger charge is -2.33. The van der Waals surface area contributed by atoms with E-state index in [-0.39, 0.29) is 11.3 Å². The molecular formula is C19H21F2N3O2. The zero-order valence-corrected chi connectivity index (χ0v) is 14.4. The van der Waals surface area contributed by atoms with Crippen LogP contribution in [0.5, 0.6) is 5.75 Å². The summed E-state index contributed by atoms with van der Waals surface area (Å²) in [6.45, 7) is 1.81. The Balaban J connectivity index is 1.76. The number of nitrogens with one attached hydrogen (secondary N) is 2. The molecule has 0 saturated carbocycles. The zero-order valence-electron chi connectivity index (χ0n) is 14.4. The molecule has 0 radical (unpaired) electrons. The van der Waals surface area contributed by atoms with Crippen LogP contribution in [0.3, 0.4) is 0 Å². The Hall–Kier alpha value is -2.67.